The number of nitrogens with two attached hydrogens (primary N) is 1. The molecule has 2 N–H and O–H groups in total. The minimum Gasteiger partial charge on any atom is -0.329 e. The fourth-order valence-electron chi connectivity index (χ4n) is 2.82. The van der Waals surface area contributed by atoms with Crippen molar-refractivity contribution >= 4 is 0 Å². The van der Waals surface area contributed by atoms with Gasteiger partial charge in [-0.05, 0) is 64.3 Å². The lowest BCUT2D eigenvalue weighted by atomic mass is 9.92. The summed E-state index contributed by atoms with van der Waals surface area (Å²) in [5, 5.41) is 0. The molecular weight excluding hydrogens is 210 g/mol. The van der Waals surface area contributed by atoms with Crippen LogP contribution in [0.1, 0.15) is 39.5 Å². The lowest BCUT2D eigenvalue weighted by molar-refractivity contribution is 0.177. The molecule has 0 radical (unpaired) electrons. The molecule has 1 aliphatic heterocycles. The summed E-state index contributed by atoms with van der Waals surface area (Å²) >= 11 is 0. The van der Waals surface area contributed by atoms with Crippen molar-refractivity contribution in [1.82, 2.24) is 9.80 Å². The van der Waals surface area contributed by atoms with Gasteiger partial charge in [-0.1, -0.05) is 13.8 Å². The number of piperidine rings is 1. The highest BCUT2D eigenvalue weighted by Gasteiger charge is 2.18. The lowest BCUT2D eigenvalue weighted by Crippen LogP contribution is -2.37. The monoisotopic (exact) mass is 241 g/mol. The van der Waals surface area contributed by atoms with Gasteiger partial charge in [0.2, 0.25) is 0 Å². The molecule has 0 amide bonds. The zero-order valence-electron chi connectivity index (χ0n) is 11.8. The molecular formula is C14H31N3. The van der Waals surface area contributed by atoms with Crippen molar-refractivity contribution in [2.75, 3.05) is 45.8 Å². The minimum absolute atomic E-state index is 0.812. The van der Waals surface area contributed by atoms with E-state index in [0.717, 1.165) is 19.0 Å². The van der Waals surface area contributed by atoms with Crippen LogP contribution in [0.2, 0.25) is 0 Å². The van der Waals surface area contributed by atoms with E-state index in [2.05, 4.69) is 23.6 Å². The molecule has 102 valence electrons. The van der Waals surface area contributed by atoms with Crippen LogP contribution < -0.4 is 5.73 Å². The summed E-state index contributed by atoms with van der Waals surface area (Å²) in [5.74, 6) is 0.972. The smallest absolute Gasteiger partial charge is 0.0105 e. The predicted molar refractivity (Wildman–Crippen MR) is 75.2 cm³/mol. The SMILES string of the molecule is CCN(CC)CCCC1CCN(CCN)CC1. The Balaban J connectivity index is 2.06. The van der Waals surface area contributed by atoms with Crippen LogP contribution in [0.4, 0.5) is 0 Å². The zero-order chi connectivity index (χ0) is 12.5. The summed E-state index contributed by atoms with van der Waals surface area (Å²) in [7, 11) is 0. The summed E-state index contributed by atoms with van der Waals surface area (Å²) in [6.07, 6.45) is 5.58. The molecule has 1 aliphatic rings. The van der Waals surface area contributed by atoms with E-state index in [1.54, 1.807) is 0 Å². The molecule has 1 heterocycles. The summed E-state index contributed by atoms with van der Waals surface area (Å²) in [6.45, 7) is 12.6. The third kappa shape index (κ3) is 5.84. The number of rotatable bonds is 8. The molecule has 0 aliphatic carbocycles. The number of likely N-dealkylation sites (tertiary alicyclic amines) is 1. The Morgan fingerprint density at radius 2 is 1.82 bits per heavy atom. The first-order chi connectivity index (χ1) is 8.30. The molecule has 0 aromatic rings. The van der Waals surface area contributed by atoms with E-state index < -0.39 is 0 Å². The van der Waals surface area contributed by atoms with E-state index in [4.69, 9.17) is 5.73 Å². The van der Waals surface area contributed by atoms with Crippen LogP contribution in [0, 0.1) is 5.92 Å². The van der Waals surface area contributed by atoms with Gasteiger partial charge in [0.05, 0.1) is 0 Å². The van der Waals surface area contributed by atoms with Crippen molar-refractivity contribution in [3.63, 3.8) is 0 Å². The van der Waals surface area contributed by atoms with Crippen LogP contribution in [0.25, 0.3) is 0 Å². The van der Waals surface area contributed by atoms with Crippen LogP contribution >= 0.6 is 0 Å². The maximum absolute atomic E-state index is 5.59. The molecule has 0 atom stereocenters. The number of nitrogens with zero attached hydrogens (tertiary/aromatic N) is 2. The normalized spacial score (nSPS) is 19.1. The average molecular weight is 241 g/mol. The second-order valence-corrected chi connectivity index (χ2v) is 5.24. The van der Waals surface area contributed by atoms with Crippen molar-refractivity contribution in [3.8, 4) is 0 Å². The molecule has 0 saturated carbocycles. The van der Waals surface area contributed by atoms with Crippen LogP contribution in [0.3, 0.4) is 0 Å². The minimum atomic E-state index is 0.812. The van der Waals surface area contributed by atoms with Gasteiger partial charge in [0, 0.05) is 13.1 Å². The Labute approximate surface area is 107 Å². The molecule has 0 bridgehead atoms. The molecule has 1 fully saturated rings. The summed E-state index contributed by atoms with van der Waals surface area (Å²) in [4.78, 5) is 5.05. The molecule has 17 heavy (non-hydrogen) atoms. The fraction of sp³-hybridized carbons (Fsp3) is 1.00. The largest absolute Gasteiger partial charge is 0.329 e. The van der Waals surface area contributed by atoms with Gasteiger partial charge in [-0.3, -0.25) is 0 Å². The average Bonchev–Trinajstić information content (AvgIpc) is 2.37. The van der Waals surface area contributed by atoms with Crippen LogP contribution in [-0.2, 0) is 0 Å². The standard InChI is InChI=1S/C14H31N3/c1-3-16(4-2)10-5-6-14-7-11-17(12-8-14)13-9-15/h14H,3-13,15H2,1-2H3. The molecule has 0 aromatic carbocycles. The first kappa shape index (κ1) is 14.9. The van der Waals surface area contributed by atoms with Gasteiger partial charge in [0.1, 0.15) is 0 Å². The quantitative estimate of drug-likeness (QED) is 0.703. The van der Waals surface area contributed by atoms with Gasteiger partial charge >= 0.3 is 0 Å². The highest BCUT2D eigenvalue weighted by molar-refractivity contribution is 4.72. The van der Waals surface area contributed by atoms with Gasteiger partial charge in [0.15, 0.2) is 0 Å². The highest BCUT2D eigenvalue weighted by atomic mass is 15.1. The first-order valence-corrected chi connectivity index (χ1v) is 7.44. The molecule has 3 nitrogen and oxygen atoms in total. The number of hydrogen-bond acceptors (Lipinski definition) is 3. The number of hydrogen-bond donors (Lipinski definition) is 1. The van der Waals surface area contributed by atoms with Crippen molar-refractivity contribution in [1.29, 1.82) is 0 Å². The van der Waals surface area contributed by atoms with Gasteiger partial charge in [0.25, 0.3) is 0 Å². The van der Waals surface area contributed by atoms with Crippen molar-refractivity contribution in [3.05, 3.63) is 0 Å². The third-order valence-electron chi connectivity index (χ3n) is 4.13. The maximum Gasteiger partial charge on any atom is 0.0105 e. The molecule has 1 saturated heterocycles. The van der Waals surface area contributed by atoms with Gasteiger partial charge < -0.3 is 15.5 Å². The Morgan fingerprint density at radius 3 is 2.35 bits per heavy atom. The molecule has 0 aromatic heterocycles. The highest BCUT2D eigenvalue weighted by Crippen LogP contribution is 2.21. The zero-order valence-corrected chi connectivity index (χ0v) is 11.8. The van der Waals surface area contributed by atoms with Crippen LogP contribution in [0.15, 0.2) is 0 Å². The lowest BCUT2D eigenvalue weighted by Gasteiger charge is -2.32. The molecule has 0 unspecified atom stereocenters. The molecule has 1 rings (SSSR count). The van der Waals surface area contributed by atoms with Crippen LogP contribution in [0.5, 0.6) is 0 Å². The van der Waals surface area contributed by atoms with Crippen molar-refractivity contribution < 1.29 is 0 Å². The Morgan fingerprint density at radius 1 is 1.18 bits per heavy atom. The van der Waals surface area contributed by atoms with E-state index in [-0.39, 0.29) is 0 Å². The van der Waals surface area contributed by atoms with Crippen molar-refractivity contribution in [2.24, 2.45) is 11.7 Å². The fourth-order valence-corrected chi connectivity index (χ4v) is 2.82. The second-order valence-electron chi connectivity index (χ2n) is 5.24. The third-order valence-corrected chi connectivity index (χ3v) is 4.13. The van der Waals surface area contributed by atoms with Crippen LogP contribution in [-0.4, -0.2) is 55.6 Å². The van der Waals surface area contributed by atoms with Gasteiger partial charge in [-0.15, -0.1) is 0 Å². The molecule has 3 heteroatoms. The molecule has 0 spiro atoms. The van der Waals surface area contributed by atoms with E-state index >= 15 is 0 Å². The van der Waals surface area contributed by atoms with Gasteiger partial charge in [-0.2, -0.15) is 0 Å². The maximum atomic E-state index is 5.59. The summed E-state index contributed by atoms with van der Waals surface area (Å²) in [5.41, 5.74) is 5.59. The predicted octanol–water partition coefficient (Wildman–Crippen LogP) is 1.78. The second kappa shape index (κ2) is 8.90. The topological polar surface area (TPSA) is 32.5 Å². The van der Waals surface area contributed by atoms with E-state index in [9.17, 15) is 0 Å². The van der Waals surface area contributed by atoms with E-state index in [1.165, 1.54) is 58.4 Å². The Bertz CT molecular complexity index is 172. The Kier molecular flexibility index (Phi) is 7.82. The van der Waals surface area contributed by atoms with E-state index in [0.29, 0.717) is 0 Å². The first-order valence-electron chi connectivity index (χ1n) is 7.44. The summed E-state index contributed by atoms with van der Waals surface area (Å²) < 4.78 is 0. The van der Waals surface area contributed by atoms with Gasteiger partial charge in [-0.25, -0.2) is 0 Å². The van der Waals surface area contributed by atoms with E-state index in [1.807, 2.05) is 0 Å². The Hall–Kier alpha value is -0.120. The summed E-state index contributed by atoms with van der Waals surface area (Å²) in [6, 6.07) is 0. The van der Waals surface area contributed by atoms with Crippen molar-refractivity contribution in [2.45, 2.75) is 39.5 Å².